The molecule has 0 nitrogen and oxygen atoms in total. The molecule has 0 radical (unpaired) electrons. The molecular weight excluding hydrogens is 447 g/mol. The molecule has 0 spiro atoms. The van der Waals surface area contributed by atoms with Gasteiger partial charge in [0.15, 0.2) is 0 Å². The summed E-state index contributed by atoms with van der Waals surface area (Å²) in [5.41, 5.74) is 11.1. The predicted octanol–water partition coefficient (Wildman–Crippen LogP) is 1.30. The second-order valence-electron chi connectivity index (χ2n) is 8.73. The first-order valence-corrected chi connectivity index (χ1v) is 16.8. The van der Waals surface area contributed by atoms with Crippen LogP contribution >= 0.6 is 0 Å². The van der Waals surface area contributed by atoms with Crippen LogP contribution in [-0.4, -0.2) is 6.19 Å². The Hall–Kier alpha value is -0.569. The summed E-state index contributed by atoms with van der Waals surface area (Å²) in [4.78, 5) is 0. The monoisotopic (exact) mass is 476 g/mol. The van der Waals surface area contributed by atoms with Gasteiger partial charge in [-0.3, -0.25) is 0 Å². The molecule has 0 aliphatic heterocycles. The molecule has 4 rings (SSSR count). The van der Waals surface area contributed by atoms with Crippen LogP contribution in [0.3, 0.4) is 0 Å². The van der Waals surface area contributed by atoms with Crippen LogP contribution in [0.2, 0.25) is 13.1 Å². The van der Waals surface area contributed by atoms with Crippen LogP contribution in [0.25, 0.3) is 12.2 Å². The van der Waals surface area contributed by atoms with Crippen LogP contribution in [0.1, 0.15) is 69.9 Å². The summed E-state index contributed by atoms with van der Waals surface area (Å²) in [7, 11) is 0. The average molecular weight is 477 g/mol. The largest absolute Gasteiger partial charge is 1.00 e. The van der Waals surface area contributed by atoms with Crippen LogP contribution in [0, 0.1) is 0 Å². The number of benzene rings is 2. The molecule has 2 unspecified atom stereocenters. The van der Waals surface area contributed by atoms with E-state index in [1.807, 2.05) is 0 Å². The molecule has 0 heterocycles. The summed E-state index contributed by atoms with van der Waals surface area (Å²) >= 11 is -1.44. The van der Waals surface area contributed by atoms with Crippen LogP contribution < -0.4 is 24.8 Å². The van der Waals surface area contributed by atoms with Gasteiger partial charge in [0, 0.05) is 0 Å². The maximum absolute atomic E-state index is 2.59. The van der Waals surface area contributed by atoms with E-state index in [4.69, 9.17) is 0 Å². The Kier molecular flexibility index (Phi) is 8.27. The van der Waals surface area contributed by atoms with Crippen molar-refractivity contribution in [3.05, 3.63) is 81.4 Å². The van der Waals surface area contributed by atoms with Crippen molar-refractivity contribution >= 4 is 18.3 Å². The molecule has 0 bridgehead atoms. The van der Waals surface area contributed by atoms with Gasteiger partial charge in [0.25, 0.3) is 0 Å². The number of hydrogen-bond donors (Lipinski definition) is 0. The molecule has 0 N–H and O–H groups in total. The summed E-state index contributed by atoms with van der Waals surface area (Å²) in [6.45, 7) is 14.6. The molecule has 2 atom stereocenters. The standard InChI is InChI=1S/C13H15.C10H9.C2H6Si.2ClH.Ti/c1-9(2)12-6-4-5-11-7-10(3)8-13(11)12;1-8-6-9-4-2-3-5-10(9)7-8;1-3-2;;;/h4-9H,1-3H3;2-7H,1H3;1-2H3;2*1H;/q;;;;;+2/p-2. The van der Waals surface area contributed by atoms with E-state index in [9.17, 15) is 0 Å². The summed E-state index contributed by atoms with van der Waals surface area (Å²) in [6, 6.07) is 16.3. The molecular formula is C25H30Cl2SiTi. The van der Waals surface area contributed by atoms with E-state index < -0.39 is 16.6 Å². The minimum absolute atomic E-state index is 0. The van der Waals surface area contributed by atoms with Crippen molar-refractivity contribution in [2.24, 2.45) is 0 Å². The van der Waals surface area contributed by atoms with E-state index >= 15 is 0 Å². The van der Waals surface area contributed by atoms with E-state index in [1.165, 1.54) is 11.1 Å². The predicted molar refractivity (Wildman–Crippen MR) is 117 cm³/mol. The van der Waals surface area contributed by atoms with Gasteiger partial charge in [-0.1, -0.05) is 0 Å². The molecule has 29 heavy (non-hydrogen) atoms. The molecule has 2 aliphatic rings. The number of allylic oxidation sites excluding steroid dienone is 2. The van der Waals surface area contributed by atoms with Gasteiger partial charge in [-0.05, 0) is 0 Å². The summed E-state index contributed by atoms with van der Waals surface area (Å²) in [5, 5.41) is 0. The fourth-order valence-electron chi connectivity index (χ4n) is 5.13. The third kappa shape index (κ3) is 4.27. The maximum Gasteiger partial charge on any atom is -1.00 e. The molecule has 0 aromatic heterocycles. The van der Waals surface area contributed by atoms with Crippen molar-refractivity contribution in [3.8, 4) is 0 Å². The van der Waals surface area contributed by atoms with Crippen LogP contribution in [0.4, 0.5) is 0 Å². The van der Waals surface area contributed by atoms with Gasteiger partial charge < -0.3 is 24.8 Å². The Morgan fingerprint density at radius 1 is 0.793 bits per heavy atom. The summed E-state index contributed by atoms with van der Waals surface area (Å²) in [5.74, 6) is 0.591. The molecule has 0 saturated heterocycles. The first-order valence-electron chi connectivity index (χ1n) is 10.2. The molecule has 152 valence electrons. The topological polar surface area (TPSA) is 0 Å². The molecule has 2 aromatic carbocycles. The van der Waals surface area contributed by atoms with Crippen molar-refractivity contribution in [2.75, 3.05) is 0 Å². The van der Waals surface area contributed by atoms with Crippen molar-refractivity contribution in [1.29, 1.82) is 0 Å². The Morgan fingerprint density at radius 2 is 1.38 bits per heavy atom. The van der Waals surface area contributed by atoms with E-state index in [-0.39, 0.29) is 31.0 Å². The number of fused-ring (bicyclic) bond motifs is 2. The Morgan fingerprint density at radius 3 is 2.03 bits per heavy atom. The SMILES string of the molecule is CC1=Cc2ccccc2[CH]1[Ti+2]([CH]1C(C)=Cc2c(C(C)C)cccc21)=[Si](C)C.[Cl-].[Cl-]. The molecule has 0 saturated carbocycles. The average Bonchev–Trinajstić information content (AvgIpc) is 3.12. The molecule has 4 heteroatoms. The van der Waals surface area contributed by atoms with Gasteiger partial charge >= 0.3 is 172 Å². The van der Waals surface area contributed by atoms with Gasteiger partial charge in [-0.15, -0.1) is 0 Å². The molecule has 2 aromatic rings. The van der Waals surface area contributed by atoms with E-state index in [0.29, 0.717) is 5.92 Å². The molecule has 0 amide bonds. The van der Waals surface area contributed by atoms with Gasteiger partial charge in [0.2, 0.25) is 0 Å². The normalized spacial score (nSPS) is 18.6. The Labute approximate surface area is 195 Å². The van der Waals surface area contributed by atoms with E-state index in [2.05, 4.69) is 95.4 Å². The minimum atomic E-state index is -1.44. The van der Waals surface area contributed by atoms with Crippen molar-refractivity contribution in [3.63, 3.8) is 0 Å². The summed E-state index contributed by atoms with van der Waals surface area (Å²) < 4.78 is 1.45. The summed E-state index contributed by atoms with van der Waals surface area (Å²) in [6.07, 6.45) is 4.67. The zero-order chi connectivity index (χ0) is 19.3. The van der Waals surface area contributed by atoms with Gasteiger partial charge in [0.1, 0.15) is 0 Å². The number of hydrogen-bond acceptors (Lipinski definition) is 0. The number of halogens is 2. The second kappa shape index (κ2) is 9.71. The Bertz CT molecular complexity index is 1010. The quantitative estimate of drug-likeness (QED) is 0.585. The Balaban J connectivity index is 0.00000150. The zero-order valence-electron chi connectivity index (χ0n) is 18.2. The van der Waals surface area contributed by atoms with Crippen LogP contribution in [-0.2, 0) is 16.6 Å². The van der Waals surface area contributed by atoms with E-state index in [1.54, 1.807) is 27.8 Å². The van der Waals surface area contributed by atoms with Crippen molar-refractivity contribution < 1.29 is 41.4 Å². The molecule has 0 fully saturated rings. The van der Waals surface area contributed by atoms with Crippen LogP contribution in [0.5, 0.6) is 0 Å². The second-order valence-corrected chi connectivity index (χ2v) is 21.0. The zero-order valence-corrected chi connectivity index (χ0v) is 22.3. The maximum atomic E-state index is 2.59. The minimum Gasteiger partial charge on any atom is -1.00 e. The fourth-order valence-corrected chi connectivity index (χ4v) is 19.0. The van der Waals surface area contributed by atoms with Gasteiger partial charge in [0.05, 0.1) is 0 Å². The van der Waals surface area contributed by atoms with Crippen LogP contribution in [0.15, 0.2) is 53.6 Å². The van der Waals surface area contributed by atoms with Crippen molar-refractivity contribution in [2.45, 2.75) is 55.2 Å². The van der Waals surface area contributed by atoms with Gasteiger partial charge in [-0.2, -0.15) is 0 Å². The fraction of sp³-hybridized carbons (Fsp3) is 0.360. The van der Waals surface area contributed by atoms with Gasteiger partial charge in [-0.25, -0.2) is 0 Å². The van der Waals surface area contributed by atoms with Crippen molar-refractivity contribution in [1.82, 2.24) is 0 Å². The third-order valence-corrected chi connectivity index (χ3v) is 19.6. The van der Waals surface area contributed by atoms with E-state index in [0.717, 1.165) is 8.45 Å². The first kappa shape index (κ1) is 24.7. The molecule has 2 aliphatic carbocycles. The number of rotatable bonds is 3. The third-order valence-electron chi connectivity index (χ3n) is 6.28. The smallest absolute Gasteiger partial charge is 1.00 e. The first-order chi connectivity index (χ1) is 12.9.